The van der Waals surface area contributed by atoms with Crippen molar-refractivity contribution in [2.45, 2.75) is 47.0 Å². The first-order valence-electron chi connectivity index (χ1n) is 13.6. The van der Waals surface area contributed by atoms with Crippen LogP contribution < -0.4 is 0 Å². The van der Waals surface area contributed by atoms with Crippen molar-refractivity contribution in [1.82, 2.24) is 14.3 Å². The van der Waals surface area contributed by atoms with Gasteiger partial charge in [-0.15, -0.1) is 0 Å². The molecule has 0 N–H and O–H groups in total. The molecule has 5 rings (SSSR count). The average Bonchev–Trinajstić information content (AvgIpc) is 3.55. The molecule has 0 saturated carbocycles. The van der Waals surface area contributed by atoms with Crippen LogP contribution in [0.2, 0.25) is 0 Å². The number of pyridine rings is 1. The molecule has 5 nitrogen and oxygen atoms in total. The van der Waals surface area contributed by atoms with Crippen molar-refractivity contribution in [2.75, 3.05) is 0 Å². The number of benzene rings is 2. The highest BCUT2D eigenvalue weighted by Gasteiger charge is 2.12. The number of aromatic nitrogens is 3. The third-order valence-electron chi connectivity index (χ3n) is 6.89. The second-order valence-corrected chi connectivity index (χ2v) is 9.81. The van der Waals surface area contributed by atoms with Crippen LogP contribution >= 0.6 is 0 Å². The number of unbranched alkanes of at least 4 members (excludes halogenated alkanes) is 1. The lowest BCUT2D eigenvalue weighted by molar-refractivity contribution is 0.726. The summed E-state index contributed by atoms with van der Waals surface area (Å²) in [5.74, 6) is 0. The summed E-state index contributed by atoms with van der Waals surface area (Å²) in [4.78, 5) is 4.97. The van der Waals surface area contributed by atoms with Gasteiger partial charge in [-0.3, -0.25) is 0 Å². The average molecular weight is 514 g/mol. The molecule has 0 spiro atoms. The molecule has 39 heavy (non-hydrogen) atoms. The van der Waals surface area contributed by atoms with Gasteiger partial charge in [0, 0.05) is 22.5 Å². The molecule has 3 heterocycles. The summed E-state index contributed by atoms with van der Waals surface area (Å²) in [6.07, 6.45) is 3.25. The predicted octanol–water partition coefficient (Wildman–Crippen LogP) is 8.21. The lowest BCUT2D eigenvalue weighted by Crippen LogP contribution is -2.09. The standard InChI is InChI=1S/C34H35N5/c1-5-6-18-30-22-24-34(29-16-11-8-12-17-29)39(30)37-27(4)32-20-13-19-31(35-32)26(3)36-38-25(2)21-23-33(38)28-14-9-7-10-15-28/h7-17,19-24H,5-6,18H2,1-4H3/b36-26+,37-27+. The van der Waals surface area contributed by atoms with Crippen molar-refractivity contribution in [3.05, 3.63) is 126 Å². The van der Waals surface area contributed by atoms with Crippen LogP contribution in [0.15, 0.2) is 113 Å². The van der Waals surface area contributed by atoms with Crippen molar-refractivity contribution < 1.29 is 0 Å². The monoisotopic (exact) mass is 513 g/mol. The van der Waals surface area contributed by atoms with Crippen LogP contribution in [0.5, 0.6) is 0 Å². The fraction of sp³-hybridized carbons (Fsp3) is 0.206. The van der Waals surface area contributed by atoms with E-state index < -0.39 is 0 Å². The van der Waals surface area contributed by atoms with Gasteiger partial charge in [-0.05, 0) is 70.0 Å². The van der Waals surface area contributed by atoms with E-state index in [-0.39, 0.29) is 0 Å². The van der Waals surface area contributed by atoms with Crippen LogP contribution in [0.3, 0.4) is 0 Å². The summed E-state index contributed by atoms with van der Waals surface area (Å²) in [6, 6.07) is 35.4. The summed E-state index contributed by atoms with van der Waals surface area (Å²) >= 11 is 0. The molecular formula is C34H35N5. The van der Waals surface area contributed by atoms with Gasteiger partial charge < -0.3 is 0 Å². The van der Waals surface area contributed by atoms with Gasteiger partial charge in [0.25, 0.3) is 0 Å². The van der Waals surface area contributed by atoms with Crippen molar-refractivity contribution in [3.8, 4) is 22.5 Å². The van der Waals surface area contributed by atoms with Crippen LogP contribution in [-0.2, 0) is 6.42 Å². The van der Waals surface area contributed by atoms with Crippen molar-refractivity contribution in [3.63, 3.8) is 0 Å². The smallest absolute Gasteiger partial charge is 0.0867 e. The van der Waals surface area contributed by atoms with E-state index in [4.69, 9.17) is 15.2 Å². The molecule has 0 atom stereocenters. The van der Waals surface area contributed by atoms with E-state index in [0.717, 1.165) is 70.3 Å². The van der Waals surface area contributed by atoms with Crippen LogP contribution in [0.4, 0.5) is 0 Å². The molecule has 0 bridgehead atoms. The van der Waals surface area contributed by atoms with E-state index in [0.29, 0.717) is 0 Å². The lowest BCUT2D eigenvalue weighted by Gasteiger charge is -2.11. The highest BCUT2D eigenvalue weighted by atomic mass is 15.4. The van der Waals surface area contributed by atoms with E-state index in [2.05, 4.69) is 79.2 Å². The van der Waals surface area contributed by atoms with Crippen molar-refractivity contribution >= 4 is 11.4 Å². The van der Waals surface area contributed by atoms with Gasteiger partial charge in [-0.1, -0.05) is 80.1 Å². The zero-order valence-electron chi connectivity index (χ0n) is 23.2. The molecule has 0 aliphatic heterocycles. The van der Waals surface area contributed by atoms with E-state index in [1.807, 2.05) is 61.0 Å². The van der Waals surface area contributed by atoms with E-state index in [1.54, 1.807) is 0 Å². The Morgan fingerprint density at radius 2 is 1.18 bits per heavy atom. The minimum atomic E-state index is 0.830. The third-order valence-corrected chi connectivity index (χ3v) is 6.89. The molecule has 0 fully saturated rings. The second-order valence-electron chi connectivity index (χ2n) is 9.81. The third kappa shape index (κ3) is 5.83. The fourth-order valence-electron chi connectivity index (χ4n) is 4.69. The van der Waals surface area contributed by atoms with E-state index in [1.165, 1.54) is 5.69 Å². The van der Waals surface area contributed by atoms with Crippen LogP contribution in [0.25, 0.3) is 22.5 Å². The Kier molecular flexibility index (Phi) is 7.97. The number of rotatable bonds is 9. The van der Waals surface area contributed by atoms with Gasteiger partial charge in [0.15, 0.2) is 0 Å². The second kappa shape index (κ2) is 11.9. The lowest BCUT2D eigenvalue weighted by atomic mass is 10.2. The predicted molar refractivity (Wildman–Crippen MR) is 163 cm³/mol. The molecule has 0 aliphatic rings. The number of nitrogens with zero attached hydrogens (tertiary/aromatic N) is 5. The molecule has 3 aromatic heterocycles. The van der Waals surface area contributed by atoms with E-state index in [9.17, 15) is 0 Å². The highest BCUT2D eigenvalue weighted by Crippen LogP contribution is 2.25. The topological polar surface area (TPSA) is 47.5 Å². The summed E-state index contributed by atoms with van der Waals surface area (Å²) < 4.78 is 4.08. The summed E-state index contributed by atoms with van der Waals surface area (Å²) in [7, 11) is 0. The molecule has 196 valence electrons. The SMILES string of the molecule is CCCCc1ccc(-c2ccccc2)n1/N=C(\C)c1cccc(/C(C)=N/n2c(C)ccc2-c2ccccc2)n1. The molecule has 0 aliphatic carbocycles. The molecule has 2 aromatic carbocycles. The highest BCUT2D eigenvalue weighted by molar-refractivity contribution is 6.00. The van der Waals surface area contributed by atoms with Crippen LogP contribution in [0, 0.1) is 6.92 Å². The number of hydrogen-bond acceptors (Lipinski definition) is 3. The normalized spacial score (nSPS) is 12.2. The summed E-state index contributed by atoms with van der Waals surface area (Å²) in [6.45, 7) is 8.33. The number of hydrogen-bond donors (Lipinski definition) is 0. The van der Waals surface area contributed by atoms with Gasteiger partial charge in [0.2, 0.25) is 0 Å². The molecule has 0 amide bonds. The minimum Gasteiger partial charge on any atom is -0.245 e. The summed E-state index contributed by atoms with van der Waals surface area (Å²) in [5.41, 5.74) is 10.1. The Labute approximate surface area is 231 Å². The first kappa shape index (κ1) is 26.1. The van der Waals surface area contributed by atoms with Gasteiger partial charge in [-0.2, -0.15) is 10.2 Å². The quantitative estimate of drug-likeness (QED) is 0.183. The Morgan fingerprint density at radius 1 is 0.641 bits per heavy atom. The first-order valence-corrected chi connectivity index (χ1v) is 13.6. The molecule has 0 saturated heterocycles. The van der Waals surface area contributed by atoms with E-state index >= 15 is 0 Å². The minimum absolute atomic E-state index is 0.830. The Morgan fingerprint density at radius 3 is 1.77 bits per heavy atom. The van der Waals surface area contributed by atoms with Gasteiger partial charge >= 0.3 is 0 Å². The largest absolute Gasteiger partial charge is 0.245 e. The Hall–Kier alpha value is -4.51. The molecule has 0 radical (unpaired) electrons. The first-order chi connectivity index (χ1) is 19.0. The number of aryl methyl sites for hydroxylation is 2. The molecule has 5 heteroatoms. The molecule has 5 aromatic rings. The maximum atomic E-state index is 5.09. The van der Waals surface area contributed by atoms with Gasteiger partial charge in [0.1, 0.15) is 0 Å². The molecule has 0 unspecified atom stereocenters. The maximum absolute atomic E-state index is 5.09. The van der Waals surface area contributed by atoms with Crippen LogP contribution in [-0.4, -0.2) is 25.8 Å². The van der Waals surface area contributed by atoms with Crippen molar-refractivity contribution in [2.24, 2.45) is 10.2 Å². The maximum Gasteiger partial charge on any atom is 0.0867 e. The van der Waals surface area contributed by atoms with Gasteiger partial charge in [-0.25, -0.2) is 14.3 Å². The van der Waals surface area contributed by atoms with Crippen molar-refractivity contribution in [1.29, 1.82) is 0 Å². The fourth-order valence-corrected chi connectivity index (χ4v) is 4.69. The summed E-state index contributed by atoms with van der Waals surface area (Å²) in [5, 5.41) is 10.1. The zero-order valence-corrected chi connectivity index (χ0v) is 23.2. The Bertz CT molecular complexity index is 1600. The molecular weight excluding hydrogens is 478 g/mol. The van der Waals surface area contributed by atoms with Crippen LogP contribution in [0.1, 0.15) is 56.4 Å². The zero-order chi connectivity index (χ0) is 27.2. The van der Waals surface area contributed by atoms with Gasteiger partial charge in [0.05, 0.1) is 34.2 Å². The Balaban J connectivity index is 1.50.